The molecule has 0 unspecified atom stereocenters. The van der Waals surface area contributed by atoms with E-state index in [1.807, 2.05) is 0 Å². The molecule has 0 spiro atoms. The Morgan fingerprint density at radius 1 is 1.25 bits per heavy atom. The van der Waals surface area contributed by atoms with Crippen LogP contribution in [0.2, 0.25) is 5.02 Å². The van der Waals surface area contributed by atoms with Gasteiger partial charge in [0.15, 0.2) is 5.75 Å². The molecule has 1 aromatic heterocycles. The Bertz CT molecular complexity index is 1110. The zero-order valence-corrected chi connectivity index (χ0v) is 15.7. The van der Waals surface area contributed by atoms with Crippen LogP contribution < -0.4 is 20.1 Å². The Hall–Kier alpha value is -3.52. The summed E-state index contributed by atoms with van der Waals surface area (Å²) in [6, 6.07) is 9.77. The first-order valence-corrected chi connectivity index (χ1v) is 8.64. The summed E-state index contributed by atoms with van der Waals surface area (Å²) in [5.41, 5.74) is 1.46. The van der Waals surface area contributed by atoms with E-state index in [1.54, 1.807) is 49.6 Å². The Morgan fingerprint density at radius 2 is 2.04 bits per heavy atom. The summed E-state index contributed by atoms with van der Waals surface area (Å²) >= 11 is 5.98. The summed E-state index contributed by atoms with van der Waals surface area (Å²) in [5.74, 6) is 0.285. The van der Waals surface area contributed by atoms with Crippen molar-refractivity contribution >= 4 is 34.8 Å². The fourth-order valence-corrected chi connectivity index (χ4v) is 3.02. The molecule has 4 rings (SSSR count). The number of anilines is 2. The molecule has 2 amide bonds. The highest BCUT2D eigenvalue weighted by Crippen LogP contribution is 2.38. The minimum atomic E-state index is -0.407. The van der Waals surface area contributed by atoms with Crippen LogP contribution >= 0.6 is 11.6 Å². The third kappa shape index (κ3) is 3.25. The van der Waals surface area contributed by atoms with Crippen molar-refractivity contribution in [3.63, 3.8) is 0 Å². The Kier molecular flexibility index (Phi) is 4.40. The second kappa shape index (κ2) is 6.90. The number of aryl methyl sites for hydroxylation is 1. The molecule has 0 radical (unpaired) electrons. The lowest BCUT2D eigenvalue weighted by atomic mass is 10.1. The van der Waals surface area contributed by atoms with E-state index in [1.165, 1.54) is 11.8 Å². The molecule has 0 fully saturated rings. The largest absolute Gasteiger partial charge is 0.479 e. The highest BCUT2D eigenvalue weighted by atomic mass is 35.5. The molecule has 28 heavy (non-hydrogen) atoms. The summed E-state index contributed by atoms with van der Waals surface area (Å²) in [4.78, 5) is 25.2. The van der Waals surface area contributed by atoms with Crippen molar-refractivity contribution < 1.29 is 19.1 Å². The van der Waals surface area contributed by atoms with Crippen LogP contribution in [0.15, 0.2) is 42.6 Å². The summed E-state index contributed by atoms with van der Waals surface area (Å²) < 4.78 is 12.4. The topological polar surface area (TPSA) is 94.5 Å². The van der Waals surface area contributed by atoms with Crippen LogP contribution in [-0.4, -0.2) is 28.7 Å². The maximum Gasteiger partial charge on any atom is 0.262 e. The van der Waals surface area contributed by atoms with E-state index in [9.17, 15) is 9.59 Å². The number of aromatic nitrogens is 2. The van der Waals surface area contributed by atoms with E-state index in [2.05, 4.69) is 15.7 Å². The molecule has 0 saturated carbocycles. The normalized spacial score (nSPS) is 12.2. The molecule has 2 N–H and O–H groups in total. The number of benzene rings is 2. The number of carbonyl (C=O) groups is 2. The third-order valence-electron chi connectivity index (χ3n) is 4.12. The van der Waals surface area contributed by atoms with Gasteiger partial charge in [-0.15, -0.1) is 5.10 Å². The molecule has 9 heteroatoms. The Balaban J connectivity index is 1.63. The van der Waals surface area contributed by atoms with Crippen LogP contribution in [-0.2, 0) is 7.05 Å². The number of nitrogens with one attached hydrogen (secondary N) is 2. The quantitative estimate of drug-likeness (QED) is 0.701. The van der Waals surface area contributed by atoms with Crippen molar-refractivity contribution in [1.82, 2.24) is 9.78 Å². The predicted molar refractivity (Wildman–Crippen MR) is 104 cm³/mol. The van der Waals surface area contributed by atoms with Crippen molar-refractivity contribution in [2.24, 2.45) is 7.05 Å². The maximum absolute atomic E-state index is 12.6. The molecule has 0 atom stereocenters. The third-order valence-corrected chi connectivity index (χ3v) is 4.36. The molecule has 0 bridgehead atoms. The zero-order chi connectivity index (χ0) is 19.8. The molecule has 142 valence electrons. The molecule has 8 nitrogen and oxygen atoms in total. The van der Waals surface area contributed by atoms with Gasteiger partial charge in [-0.1, -0.05) is 11.6 Å². The molecule has 0 aliphatic carbocycles. The van der Waals surface area contributed by atoms with Gasteiger partial charge in [-0.3, -0.25) is 14.3 Å². The first kappa shape index (κ1) is 17.9. The highest BCUT2D eigenvalue weighted by Gasteiger charge is 2.23. The van der Waals surface area contributed by atoms with Gasteiger partial charge in [-0.2, -0.15) is 0 Å². The number of halogens is 1. The van der Waals surface area contributed by atoms with Gasteiger partial charge in [0, 0.05) is 24.0 Å². The lowest BCUT2D eigenvalue weighted by molar-refractivity contribution is 0.101. The number of carbonyl (C=O) groups excluding carboxylic acids is 2. The van der Waals surface area contributed by atoms with Gasteiger partial charge in [0.1, 0.15) is 11.3 Å². The second-order valence-electron chi connectivity index (χ2n) is 6.09. The van der Waals surface area contributed by atoms with Gasteiger partial charge in [0.05, 0.1) is 18.4 Å². The number of methoxy groups -OCH3 is 1. The van der Waals surface area contributed by atoms with Crippen LogP contribution in [0.3, 0.4) is 0 Å². The number of rotatable bonds is 3. The van der Waals surface area contributed by atoms with E-state index < -0.39 is 5.91 Å². The lowest BCUT2D eigenvalue weighted by Crippen LogP contribution is -2.14. The fraction of sp³-hybridized carbons (Fsp3) is 0.105. The SMILES string of the molecule is COc1nn(C)cc1C(=O)Nc1ccc2c(c1)C(=O)Nc1cc(Cl)ccc1O2. The minimum Gasteiger partial charge on any atom is -0.479 e. The first-order chi connectivity index (χ1) is 13.4. The van der Waals surface area contributed by atoms with E-state index in [-0.39, 0.29) is 22.9 Å². The molecule has 1 aliphatic rings. The first-order valence-electron chi connectivity index (χ1n) is 8.26. The average molecular weight is 399 g/mol. The number of hydrogen-bond acceptors (Lipinski definition) is 5. The lowest BCUT2D eigenvalue weighted by Gasteiger charge is -2.10. The summed E-state index contributed by atoms with van der Waals surface area (Å²) in [7, 11) is 3.13. The van der Waals surface area contributed by atoms with Gasteiger partial charge < -0.3 is 20.1 Å². The van der Waals surface area contributed by atoms with Crippen molar-refractivity contribution in [2.45, 2.75) is 0 Å². The summed E-state index contributed by atoms with van der Waals surface area (Å²) in [6.45, 7) is 0. The van der Waals surface area contributed by atoms with Crippen molar-refractivity contribution in [3.8, 4) is 17.4 Å². The van der Waals surface area contributed by atoms with Gasteiger partial charge in [0.2, 0.25) is 5.88 Å². The van der Waals surface area contributed by atoms with E-state index in [4.69, 9.17) is 21.1 Å². The molecule has 2 aromatic carbocycles. The van der Waals surface area contributed by atoms with E-state index >= 15 is 0 Å². The summed E-state index contributed by atoms with van der Waals surface area (Å²) in [5, 5.41) is 10.0. The van der Waals surface area contributed by atoms with Crippen LogP contribution in [0.25, 0.3) is 0 Å². The molecular weight excluding hydrogens is 384 g/mol. The van der Waals surface area contributed by atoms with E-state index in [0.29, 0.717) is 27.9 Å². The molecule has 0 saturated heterocycles. The number of ether oxygens (including phenoxy) is 2. The fourth-order valence-electron chi connectivity index (χ4n) is 2.84. The molecule has 1 aliphatic heterocycles. The zero-order valence-electron chi connectivity index (χ0n) is 14.9. The maximum atomic E-state index is 12.6. The predicted octanol–water partition coefficient (Wildman–Crippen LogP) is 3.69. The molecular formula is C19H15ClN4O4. The van der Waals surface area contributed by atoms with E-state index in [0.717, 1.165) is 0 Å². The second-order valence-corrected chi connectivity index (χ2v) is 6.52. The van der Waals surface area contributed by atoms with Gasteiger partial charge >= 0.3 is 0 Å². The van der Waals surface area contributed by atoms with Crippen LogP contribution in [0.1, 0.15) is 20.7 Å². The standard InChI is InChI=1S/C19H15ClN4O4/c1-24-9-13(19(23-24)27-2)18(26)21-11-4-6-15-12(8-11)17(25)22-14-7-10(20)3-5-16(14)28-15/h3-9H,1-2H3,(H,21,26)(H,22,25). The van der Waals surface area contributed by atoms with Crippen molar-refractivity contribution in [2.75, 3.05) is 17.7 Å². The highest BCUT2D eigenvalue weighted by molar-refractivity contribution is 6.31. The number of hydrogen-bond donors (Lipinski definition) is 2. The summed E-state index contributed by atoms with van der Waals surface area (Å²) in [6.07, 6.45) is 1.55. The Morgan fingerprint density at radius 3 is 2.82 bits per heavy atom. The number of nitrogens with zero attached hydrogens (tertiary/aromatic N) is 2. The molecule has 2 heterocycles. The van der Waals surface area contributed by atoms with Crippen LogP contribution in [0, 0.1) is 0 Å². The average Bonchev–Trinajstić information content (AvgIpc) is 2.99. The Labute approximate surface area is 165 Å². The van der Waals surface area contributed by atoms with Gasteiger partial charge in [-0.05, 0) is 36.4 Å². The van der Waals surface area contributed by atoms with Crippen LogP contribution in [0.4, 0.5) is 11.4 Å². The smallest absolute Gasteiger partial charge is 0.262 e. The number of amides is 2. The van der Waals surface area contributed by atoms with Crippen LogP contribution in [0.5, 0.6) is 17.4 Å². The van der Waals surface area contributed by atoms with Crippen molar-refractivity contribution in [3.05, 3.63) is 58.7 Å². The van der Waals surface area contributed by atoms with Gasteiger partial charge in [0.25, 0.3) is 11.8 Å². The number of fused-ring (bicyclic) bond motifs is 2. The monoisotopic (exact) mass is 398 g/mol. The molecule has 3 aromatic rings. The minimum absolute atomic E-state index is 0.211. The van der Waals surface area contributed by atoms with Gasteiger partial charge in [-0.25, -0.2) is 0 Å². The van der Waals surface area contributed by atoms with Crippen molar-refractivity contribution in [1.29, 1.82) is 0 Å².